The number of hydrogen-bond donors (Lipinski definition) is 0. The van der Waals surface area contributed by atoms with Crippen LogP contribution in [0.3, 0.4) is 0 Å². The van der Waals surface area contributed by atoms with Gasteiger partial charge in [0, 0.05) is 21.5 Å². The third kappa shape index (κ3) is 4.05. The van der Waals surface area contributed by atoms with Crippen molar-refractivity contribution in [3.63, 3.8) is 0 Å². The van der Waals surface area contributed by atoms with Gasteiger partial charge in [-0.15, -0.1) is 11.3 Å². The van der Waals surface area contributed by atoms with Crippen molar-refractivity contribution in [3.05, 3.63) is 76.6 Å². The monoisotopic (exact) mass is 397 g/mol. The maximum atomic E-state index is 12.2. The van der Waals surface area contributed by atoms with E-state index in [0.29, 0.717) is 10.8 Å². The first-order valence-corrected chi connectivity index (χ1v) is 9.21. The molecule has 134 valence electrons. The Kier molecular flexibility index (Phi) is 4.95. The predicted molar refractivity (Wildman–Crippen MR) is 101 cm³/mol. The van der Waals surface area contributed by atoms with E-state index in [1.807, 2.05) is 30.3 Å². The summed E-state index contributed by atoms with van der Waals surface area (Å²) in [5.41, 5.74) is 1.95. The highest BCUT2D eigenvalue weighted by molar-refractivity contribution is 7.13. The van der Waals surface area contributed by atoms with E-state index in [0.717, 1.165) is 16.1 Å². The van der Waals surface area contributed by atoms with Crippen LogP contribution in [-0.2, 0) is 11.3 Å². The highest BCUT2D eigenvalue weighted by atomic mass is 35.5. The number of rotatable bonds is 5. The number of thiazole rings is 1. The van der Waals surface area contributed by atoms with E-state index in [2.05, 4.69) is 15.1 Å². The van der Waals surface area contributed by atoms with Gasteiger partial charge in [-0.25, -0.2) is 9.78 Å². The number of nitrogens with zero attached hydrogens (tertiary/aromatic N) is 3. The van der Waals surface area contributed by atoms with Crippen molar-refractivity contribution < 1.29 is 14.1 Å². The summed E-state index contributed by atoms with van der Waals surface area (Å²) >= 11 is 7.24. The molecule has 0 radical (unpaired) electrons. The molecule has 4 aromatic rings. The van der Waals surface area contributed by atoms with Crippen LogP contribution in [0, 0.1) is 0 Å². The molecule has 0 bridgehead atoms. The second-order valence-electron chi connectivity index (χ2n) is 5.50. The van der Waals surface area contributed by atoms with E-state index in [1.54, 1.807) is 29.6 Å². The second-order valence-corrected chi connectivity index (χ2v) is 6.79. The second kappa shape index (κ2) is 7.69. The van der Waals surface area contributed by atoms with Crippen LogP contribution in [0.4, 0.5) is 0 Å². The molecule has 0 unspecified atom stereocenters. The van der Waals surface area contributed by atoms with E-state index in [9.17, 15) is 4.79 Å². The van der Waals surface area contributed by atoms with Gasteiger partial charge in [0.1, 0.15) is 5.01 Å². The van der Waals surface area contributed by atoms with E-state index in [-0.39, 0.29) is 18.2 Å². The van der Waals surface area contributed by atoms with Crippen molar-refractivity contribution >= 4 is 28.9 Å². The number of carbonyl (C=O) groups is 1. The van der Waals surface area contributed by atoms with Gasteiger partial charge >= 0.3 is 5.97 Å². The number of carbonyl (C=O) groups excluding carboxylic acids is 1. The van der Waals surface area contributed by atoms with Gasteiger partial charge in [-0.3, -0.25) is 0 Å². The van der Waals surface area contributed by atoms with Crippen molar-refractivity contribution in [2.24, 2.45) is 0 Å². The van der Waals surface area contributed by atoms with Crippen LogP contribution < -0.4 is 0 Å². The number of aromatic nitrogens is 3. The Morgan fingerprint density at radius 1 is 1.04 bits per heavy atom. The highest BCUT2D eigenvalue weighted by Gasteiger charge is 2.16. The summed E-state index contributed by atoms with van der Waals surface area (Å²) in [6.07, 6.45) is 0. The van der Waals surface area contributed by atoms with Gasteiger partial charge in [0.25, 0.3) is 5.89 Å². The smallest absolute Gasteiger partial charge is 0.358 e. The van der Waals surface area contributed by atoms with Crippen LogP contribution in [0.15, 0.2) is 64.5 Å². The molecule has 0 atom stereocenters. The van der Waals surface area contributed by atoms with Crippen LogP contribution in [0.5, 0.6) is 0 Å². The van der Waals surface area contributed by atoms with Gasteiger partial charge < -0.3 is 9.26 Å². The van der Waals surface area contributed by atoms with Crippen molar-refractivity contribution in [2.75, 3.05) is 0 Å². The van der Waals surface area contributed by atoms with Gasteiger partial charge in [0.15, 0.2) is 12.3 Å². The molecule has 0 aliphatic rings. The van der Waals surface area contributed by atoms with Crippen molar-refractivity contribution in [3.8, 4) is 22.0 Å². The van der Waals surface area contributed by atoms with Crippen molar-refractivity contribution in [1.82, 2.24) is 15.1 Å². The Labute approximate surface area is 163 Å². The molecule has 2 heterocycles. The molecule has 2 aromatic carbocycles. The quantitative estimate of drug-likeness (QED) is 0.447. The summed E-state index contributed by atoms with van der Waals surface area (Å²) in [6, 6.07) is 16.7. The summed E-state index contributed by atoms with van der Waals surface area (Å²) in [4.78, 5) is 20.7. The summed E-state index contributed by atoms with van der Waals surface area (Å²) in [7, 11) is 0. The first-order chi connectivity index (χ1) is 13.2. The minimum absolute atomic E-state index is 0.127. The molecule has 0 amide bonds. The fourth-order valence-corrected chi connectivity index (χ4v) is 3.23. The lowest BCUT2D eigenvalue weighted by molar-refractivity contribution is 0.0424. The lowest BCUT2D eigenvalue weighted by atomic mass is 10.2. The zero-order valence-electron chi connectivity index (χ0n) is 13.8. The van der Waals surface area contributed by atoms with Crippen LogP contribution >= 0.6 is 22.9 Å². The highest BCUT2D eigenvalue weighted by Crippen LogP contribution is 2.24. The summed E-state index contributed by atoms with van der Waals surface area (Å²) in [5.74, 6) is 0.0595. The van der Waals surface area contributed by atoms with Crippen LogP contribution in [-0.4, -0.2) is 21.1 Å². The fraction of sp³-hybridized carbons (Fsp3) is 0.0526. The zero-order valence-corrected chi connectivity index (χ0v) is 15.4. The predicted octanol–water partition coefficient (Wildman–Crippen LogP) is 4.87. The molecule has 2 aromatic heterocycles. The average molecular weight is 398 g/mol. The molecule has 6 nitrogen and oxygen atoms in total. The van der Waals surface area contributed by atoms with Gasteiger partial charge in [-0.1, -0.05) is 47.1 Å². The molecule has 0 aliphatic carbocycles. The summed E-state index contributed by atoms with van der Waals surface area (Å²) < 4.78 is 10.3. The minimum atomic E-state index is -0.542. The Morgan fingerprint density at radius 2 is 1.81 bits per heavy atom. The molecule has 0 spiro atoms. The van der Waals surface area contributed by atoms with Crippen molar-refractivity contribution in [1.29, 1.82) is 0 Å². The molecule has 8 heteroatoms. The Hall–Kier alpha value is -3.03. The largest absolute Gasteiger partial charge is 0.451 e. The van der Waals surface area contributed by atoms with Crippen LogP contribution in [0.2, 0.25) is 5.02 Å². The maximum absolute atomic E-state index is 12.2. The summed E-state index contributed by atoms with van der Waals surface area (Å²) in [5, 5.41) is 6.92. The topological polar surface area (TPSA) is 78.1 Å². The third-order valence-electron chi connectivity index (χ3n) is 3.63. The average Bonchev–Trinajstić information content (AvgIpc) is 3.37. The van der Waals surface area contributed by atoms with Crippen LogP contribution in [0.25, 0.3) is 22.0 Å². The lowest BCUT2D eigenvalue weighted by Gasteiger charge is -1.98. The normalized spacial score (nSPS) is 10.7. The van der Waals surface area contributed by atoms with Gasteiger partial charge in [0.2, 0.25) is 5.82 Å². The standard InChI is InChI=1S/C19H12ClN3O3S/c20-14-8-6-12(7-9-14)17-22-16(26-23-17)10-25-19(24)15-11-27-18(21-15)13-4-2-1-3-5-13/h1-9,11H,10H2. The van der Waals surface area contributed by atoms with E-state index < -0.39 is 5.97 Å². The molecular weight excluding hydrogens is 386 g/mol. The molecule has 0 N–H and O–H groups in total. The number of halogens is 1. The molecule has 0 aliphatic heterocycles. The number of benzene rings is 2. The van der Waals surface area contributed by atoms with Gasteiger partial charge in [-0.05, 0) is 24.3 Å². The molecular formula is C19H12ClN3O3S. The van der Waals surface area contributed by atoms with Gasteiger partial charge in [-0.2, -0.15) is 4.98 Å². The van der Waals surface area contributed by atoms with Crippen LogP contribution in [0.1, 0.15) is 16.4 Å². The third-order valence-corrected chi connectivity index (χ3v) is 4.77. The Bertz CT molecular complexity index is 1060. The molecule has 4 rings (SSSR count). The number of hydrogen-bond acceptors (Lipinski definition) is 7. The van der Waals surface area contributed by atoms with E-state index in [4.69, 9.17) is 20.9 Å². The molecule has 0 saturated carbocycles. The first kappa shape index (κ1) is 17.4. The molecule has 0 saturated heterocycles. The number of ether oxygens (including phenoxy) is 1. The Balaban J connectivity index is 1.40. The van der Waals surface area contributed by atoms with E-state index >= 15 is 0 Å². The maximum Gasteiger partial charge on any atom is 0.358 e. The minimum Gasteiger partial charge on any atom is -0.451 e. The van der Waals surface area contributed by atoms with E-state index in [1.165, 1.54) is 11.3 Å². The molecule has 0 fully saturated rings. The first-order valence-electron chi connectivity index (χ1n) is 7.95. The summed E-state index contributed by atoms with van der Waals surface area (Å²) in [6.45, 7) is -0.127. The molecule has 27 heavy (non-hydrogen) atoms. The van der Waals surface area contributed by atoms with Gasteiger partial charge in [0.05, 0.1) is 0 Å². The zero-order chi connectivity index (χ0) is 18.6. The van der Waals surface area contributed by atoms with Crippen molar-refractivity contribution in [2.45, 2.75) is 6.61 Å². The Morgan fingerprint density at radius 3 is 2.59 bits per heavy atom. The lowest BCUT2D eigenvalue weighted by Crippen LogP contribution is -2.05. The fourth-order valence-electron chi connectivity index (χ4n) is 2.31. The number of esters is 1. The SMILES string of the molecule is O=C(OCc1nc(-c2ccc(Cl)cc2)no1)c1csc(-c2ccccc2)n1.